The smallest absolute Gasteiger partial charge is 0.338 e. The highest BCUT2D eigenvalue weighted by atomic mass is 35.5. The number of hydrogen-bond acceptors (Lipinski definition) is 3. The molecule has 6 heteroatoms. The molecule has 2 aromatic rings. The van der Waals surface area contributed by atoms with Gasteiger partial charge in [-0.1, -0.05) is 11.6 Å². The second kappa shape index (κ2) is 3.70. The van der Waals surface area contributed by atoms with Crippen LogP contribution in [0.2, 0.25) is 5.02 Å². The fraction of sp³-hybridized carbons (Fsp3) is 0. The summed E-state index contributed by atoms with van der Waals surface area (Å²) in [6.07, 6.45) is 4.16. The maximum absolute atomic E-state index is 10.6. The lowest BCUT2D eigenvalue weighted by molar-refractivity contribution is 0.0697. The summed E-state index contributed by atoms with van der Waals surface area (Å²) < 4.78 is 1.33. The van der Waals surface area contributed by atoms with Crippen molar-refractivity contribution in [1.82, 2.24) is 14.8 Å². The van der Waals surface area contributed by atoms with E-state index in [1.807, 2.05) is 0 Å². The first-order chi connectivity index (χ1) is 7.18. The normalized spacial score (nSPS) is 10.2. The zero-order valence-electron chi connectivity index (χ0n) is 7.46. The Balaban J connectivity index is 2.46. The van der Waals surface area contributed by atoms with Crippen LogP contribution in [0, 0.1) is 0 Å². The van der Waals surface area contributed by atoms with E-state index >= 15 is 0 Å². The van der Waals surface area contributed by atoms with Crippen LogP contribution in [0.15, 0.2) is 30.7 Å². The topological polar surface area (TPSA) is 68.0 Å². The summed E-state index contributed by atoms with van der Waals surface area (Å²) in [6, 6.07) is 3.35. The van der Waals surface area contributed by atoms with Crippen LogP contribution in [-0.4, -0.2) is 25.8 Å². The third-order valence-corrected chi connectivity index (χ3v) is 2.08. The molecule has 0 saturated heterocycles. The van der Waals surface area contributed by atoms with Crippen LogP contribution in [0.4, 0.5) is 0 Å². The lowest BCUT2D eigenvalue weighted by Crippen LogP contribution is -1.98. The Labute approximate surface area is 89.9 Å². The maximum atomic E-state index is 10.6. The van der Waals surface area contributed by atoms with Gasteiger partial charge in [-0.2, -0.15) is 5.10 Å². The van der Waals surface area contributed by atoms with E-state index in [9.17, 15) is 4.79 Å². The Kier molecular flexibility index (Phi) is 2.39. The summed E-state index contributed by atoms with van der Waals surface area (Å²) in [5, 5.41) is 13.0. The zero-order valence-corrected chi connectivity index (χ0v) is 8.22. The van der Waals surface area contributed by atoms with Gasteiger partial charge in [0.1, 0.15) is 0 Å². The Morgan fingerprint density at radius 1 is 1.53 bits per heavy atom. The molecule has 0 aliphatic carbocycles. The quantitative estimate of drug-likeness (QED) is 0.840. The van der Waals surface area contributed by atoms with Gasteiger partial charge in [-0.05, 0) is 12.1 Å². The Morgan fingerprint density at radius 3 is 2.93 bits per heavy atom. The summed E-state index contributed by atoms with van der Waals surface area (Å²) in [4.78, 5) is 14.6. The molecule has 0 aromatic carbocycles. The van der Waals surface area contributed by atoms with E-state index in [1.54, 1.807) is 18.3 Å². The minimum absolute atomic E-state index is 0.0942. The van der Waals surface area contributed by atoms with Crippen molar-refractivity contribution in [1.29, 1.82) is 0 Å². The van der Waals surface area contributed by atoms with Gasteiger partial charge < -0.3 is 5.11 Å². The van der Waals surface area contributed by atoms with E-state index in [2.05, 4.69) is 10.1 Å². The number of hydrogen-bond donors (Lipinski definition) is 1. The van der Waals surface area contributed by atoms with Crippen molar-refractivity contribution in [3.8, 4) is 5.82 Å². The first-order valence-electron chi connectivity index (χ1n) is 4.07. The number of rotatable bonds is 2. The molecular formula is C9H6ClN3O2. The Hall–Kier alpha value is -1.88. The van der Waals surface area contributed by atoms with Gasteiger partial charge >= 0.3 is 5.97 Å². The van der Waals surface area contributed by atoms with Gasteiger partial charge in [0.25, 0.3) is 0 Å². The summed E-state index contributed by atoms with van der Waals surface area (Å²) in [5.74, 6) is -0.625. The van der Waals surface area contributed by atoms with Gasteiger partial charge in [-0.3, -0.25) is 0 Å². The number of aromatic nitrogens is 3. The van der Waals surface area contributed by atoms with Crippen LogP contribution in [-0.2, 0) is 0 Å². The molecule has 76 valence electrons. The number of halogens is 1. The SMILES string of the molecule is O=C(O)c1cnn(-c2ncccc2Cl)c1. The fourth-order valence-corrected chi connectivity index (χ4v) is 1.30. The van der Waals surface area contributed by atoms with E-state index in [-0.39, 0.29) is 5.56 Å². The van der Waals surface area contributed by atoms with E-state index in [0.717, 1.165) is 0 Å². The summed E-state index contributed by atoms with van der Waals surface area (Å²) in [5.41, 5.74) is 0.0942. The molecule has 2 heterocycles. The average molecular weight is 224 g/mol. The van der Waals surface area contributed by atoms with Crippen molar-refractivity contribution < 1.29 is 9.90 Å². The average Bonchev–Trinajstić information content (AvgIpc) is 2.67. The number of carbonyl (C=O) groups is 1. The molecule has 0 spiro atoms. The lowest BCUT2D eigenvalue weighted by atomic mass is 10.4. The van der Waals surface area contributed by atoms with Crippen LogP contribution in [0.3, 0.4) is 0 Å². The molecule has 1 N–H and O–H groups in total. The van der Waals surface area contributed by atoms with Gasteiger partial charge in [-0.15, -0.1) is 0 Å². The van der Waals surface area contributed by atoms with Crippen LogP contribution in [0.25, 0.3) is 5.82 Å². The van der Waals surface area contributed by atoms with Crippen LogP contribution >= 0.6 is 11.6 Å². The van der Waals surface area contributed by atoms with Gasteiger partial charge in [0.05, 0.1) is 16.8 Å². The standard InChI is InChI=1S/C9H6ClN3O2/c10-7-2-1-3-11-8(7)13-5-6(4-12-13)9(14)15/h1-5H,(H,14,15). The van der Waals surface area contributed by atoms with Crippen LogP contribution in [0.1, 0.15) is 10.4 Å². The molecule has 0 amide bonds. The highest BCUT2D eigenvalue weighted by molar-refractivity contribution is 6.32. The molecule has 5 nitrogen and oxygen atoms in total. The predicted molar refractivity (Wildman–Crippen MR) is 53.3 cm³/mol. The molecule has 0 fully saturated rings. The Bertz CT molecular complexity index is 510. The van der Waals surface area contributed by atoms with Crippen LogP contribution in [0.5, 0.6) is 0 Å². The summed E-state index contributed by atoms with van der Waals surface area (Å²) in [6.45, 7) is 0. The number of carboxylic acids is 1. The van der Waals surface area contributed by atoms with E-state index in [1.165, 1.54) is 17.1 Å². The van der Waals surface area contributed by atoms with Gasteiger partial charge in [0.15, 0.2) is 5.82 Å². The van der Waals surface area contributed by atoms with Gasteiger partial charge in [0.2, 0.25) is 0 Å². The minimum atomic E-state index is -1.03. The van der Waals surface area contributed by atoms with Crippen molar-refractivity contribution in [3.63, 3.8) is 0 Å². The summed E-state index contributed by atoms with van der Waals surface area (Å²) in [7, 11) is 0. The lowest BCUT2D eigenvalue weighted by Gasteiger charge is -2.00. The molecule has 0 aliphatic rings. The molecule has 2 rings (SSSR count). The maximum Gasteiger partial charge on any atom is 0.338 e. The van der Waals surface area contributed by atoms with Crippen molar-refractivity contribution >= 4 is 17.6 Å². The highest BCUT2D eigenvalue weighted by Crippen LogP contribution is 2.16. The second-order valence-electron chi connectivity index (χ2n) is 2.79. The van der Waals surface area contributed by atoms with Gasteiger partial charge in [-0.25, -0.2) is 14.5 Å². The Morgan fingerprint density at radius 2 is 2.33 bits per heavy atom. The first-order valence-corrected chi connectivity index (χ1v) is 4.45. The largest absolute Gasteiger partial charge is 0.478 e. The molecule has 0 saturated carbocycles. The molecule has 0 bridgehead atoms. The summed E-state index contributed by atoms with van der Waals surface area (Å²) >= 11 is 5.88. The zero-order chi connectivity index (χ0) is 10.8. The molecule has 0 aliphatic heterocycles. The number of nitrogens with zero attached hydrogens (tertiary/aromatic N) is 3. The molecule has 0 radical (unpaired) electrons. The third-order valence-electron chi connectivity index (χ3n) is 1.79. The van der Waals surface area contributed by atoms with Crippen molar-refractivity contribution in [3.05, 3.63) is 41.3 Å². The fourth-order valence-electron chi connectivity index (χ4n) is 1.10. The van der Waals surface area contributed by atoms with Crippen molar-refractivity contribution in [2.45, 2.75) is 0 Å². The van der Waals surface area contributed by atoms with Crippen LogP contribution < -0.4 is 0 Å². The molecule has 2 aromatic heterocycles. The third kappa shape index (κ3) is 1.82. The number of aromatic carboxylic acids is 1. The van der Waals surface area contributed by atoms with Crippen molar-refractivity contribution in [2.75, 3.05) is 0 Å². The first kappa shape index (κ1) is 9.67. The molecular weight excluding hydrogens is 218 g/mol. The van der Waals surface area contributed by atoms with E-state index in [0.29, 0.717) is 10.8 Å². The monoisotopic (exact) mass is 223 g/mol. The molecule has 15 heavy (non-hydrogen) atoms. The molecule has 0 atom stereocenters. The minimum Gasteiger partial charge on any atom is -0.478 e. The number of carboxylic acid groups (broad SMARTS) is 1. The van der Waals surface area contributed by atoms with E-state index in [4.69, 9.17) is 16.7 Å². The van der Waals surface area contributed by atoms with E-state index < -0.39 is 5.97 Å². The highest BCUT2D eigenvalue weighted by Gasteiger charge is 2.09. The number of pyridine rings is 1. The van der Waals surface area contributed by atoms with Gasteiger partial charge in [0, 0.05) is 12.4 Å². The predicted octanol–water partition coefficient (Wildman–Crippen LogP) is 1.62. The second-order valence-corrected chi connectivity index (χ2v) is 3.19. The van der Waals surface area contributed by atoms with Crippen molar-refractivity contribution in [2.24, 2.45) is 0 Å². The molecule has 0 unspecified atom stereocenters.